The standard InChI is InChI=1S/C29H26N6O4/c1-3-14-11-18(16-7-5-9-22-24(16)32-34-30-22)28(38)20(26(14)36)13-21-27(37)15(4-2)12-19(29(21)39)17-8-6-10-23-25(17)33-35-31-23/h5-12,36-39H,3-4,13H2,1-2H3,(H,30,32,34)(H,31,33,35). The zero-order valence-corrected chi connectivity index (χ0v) is 21.3. The number of hydrogen-bond acceptors (Lipinski definition) is 8. The van der Waals surface area contributed by atoms with Crippen LogP contribution in [-0.2, 0) is 19.3 Å². The number of benzene rings is 4. The number of aryl methyl sites for hydroxylation is 2. The monoisotopic (exact) mass is 522 g/mol. The van der Waals surface area contributed by atoms with Gasteiger partial charge in [-0.3, -0.25) is 0 Å². The smallest absolute Gasteiger partial charge is 0.130 e. The van der Waals surface area contributed by atoms with Gasteiger partial charge in [0.1, 0.15) is 45.1 Å². The predicted octanol–water partition coefficient (Wildman–Crippen LogP) is 5.10. The zero-order chi connectivity index (χ0) is 27.3. The molecule has 0 spiro atoms. The molecule has 0 saturated carbocycles. The van der Waals surface area contributed by atoms with Crippen LogP contribution in [-0.4, -0.2) is 51.2 Å². The molecule has 0 bridgehead atoms. The van der Waals surface area contributed by atoms with Crippen molar-refractivity contribution in [1.29, 1.82) is 0 Å². The summed E-state index contributed by atoms with van der Waals surface area (Å²) in [6, 6.07) is 14.4. The number of hydrogen-bond donors (Lipinski definition) is 6. The third-order valence-corrected chi connectivity index (χ3v) is 7.29. The Bertz CT molecular complexity index is 1740. The van der Waals surface area contributed by atoms with E-state index in [0.29, 0.717) is 68.3 Å². The molecule has 10 heteroatoms. The highest BCUT2D eigenvalue weighted by molar-refractivity contribution is 5.95. The Morgan fingerprint density at radius 2 is 1.00 bits per heavy atom. The summed E-state index contributed by atoms with van der Waals surface area (Å²) < 4.78 is 0. The normalized spacial score (nSPS) is 11.5. The fraction of sp³-hybridized carbons (Fsp3) is 0.172. The van der Waals surface area contributed by atoms with Crippen LogP contribution in [0.4, 0.5) is 0 Å². The van der Waals surface area contributed by atoms with Crippen LogP contribution < -0.4 is 0 Å². The number of phenolic OH excluding ortho intramolecular Hbond substituents is 4. The largest absolute Gasteiger partial charge is 0.507 e. The molecular weight excluding hydrogens is 496 g/mol. The van der Waals surface area contributed by atoms with Crippen LogP contribution in [0.3, 0.4) is 0 Å². The van der Waals surface area contributed by atoms with E-state index in [1.807, 2.05) is 50.2 Å². The van der Waals surface area contributed by atoms with Gasteiger partial charge in [-0.15, -0.1) is 0 Å². The Labute approximate surface area is 222 Å². The molecule has 0 fully saturated rings. The molecular formula is C29H26N6O4. The molecule has 2 aromatic heterocycles. The van der Waals surface area contributed by atoms with Crippen LogP contribution >= 0.6 is 0 Å². The highest BCUT2D eigenvalue weighted by Gasteiger charge is 2.25. The fourth-order valence-electron chi connectivity index (χ4n) is 5.19. The quantitative estimate of drug-likeness (QED) is 0.176. The Hall–Kier alpha value is -5.12. The van der Waals surface area contributed by atoms with Crippen LogP contribution in [0, 0.1) is 0 Å². The topological polar surface area (TPSA) is 164 Å². The lowest BCUT2D eigenvalue weighted by Crippen LogP contribution is -2.00. The first-order valence-corrected chi connectivity index (χ1v) is 12.7. The molecule has 2 heterocycles. The summed E-state index contributed by atoms with van der Waals surface area (Å²) in [5.41, 5.74) is 6.25. The van der Waals surface area contributed by atoms with E-state index in [9.17, 15) is 20.4 Å². The van der Waals surface area contributed by atoms with E-state index < -0.39 is 0 Å². The van der Waals surface area contributed by atoms with Gasteiger partial charge in [0.05, 0.1) is 0 Å². The fourth-order valence-corrected chi connectivity index (χ4v) is 5.19. The second-order valence-electron chi connectivity index (χ2n) is 9.40. The first-order chi connectivity index (χ1) is 18.9. The van der Waals surface area contributed by atoms with E-state index in [0.717, 1.165) is 0 Å². The summed E-state index contributed by atoms with van der Waals surface area (Å²) in [4.78, 5) is 0. The Balaban J connectivity index is 1.57. The minimum atomic E-state index is -0.166. The maximum Gasteiger partial charge on any atom is 0.130 e. The number of aromatic nitrogens is 6. The van der Waals surface area contributed by atoms with E-state index in [1.165, 1.54) is 0 Å². The van der Waals surface area contributed by atoms with Crippen molar-refractivity contribution in [1.82, 2.24) is 30.8 Å². The number of aromatic amines is 2. The van der Waals surface area contributed by atoms with Crippen molar-refractivity contribution in [2.45, 2.75) is 33.1 Å². The van der Waals surface area contributed by atoms with Crippen molar-refractivity contribution < 1.29 is 20.4 Å². The average molecular weight is 523 g/mol. The minimum absolute atomic E-state index is 0.0908. The van der Waals surface area contributed by atoms with Crippen LogP contribution in [0.2, 0.25) is 0 Å². The van der Waals surface area contributed by atoms with Crippen LogP contribution in [0.25, 0.3) is 44.3 Å². The van der Waals surface area contributed by atoms with Gasteiger partial charge in [-0.1, -0.05) is 38.1 Å². The van der Waals surface area contributed by atoms with Crippen LogP contribution in [0.5, 0.6) is 23.0 Å². The van der Waals surface area contributed by atoms with Crippen molar-refractivity contribution in [3.63, 3.8) is 0 Å². The van der Waals surface area contributed by atoms with Gasteiger partial charge < -0.3 is 20.4 Å². The molecule has 0 unspecified atom stereocenters. The molecule has 196 valence electrons. The lowest BCUT2D eigenvalue weighted by molar-refractivity contribution is 0.427. The van der Waals surface area contributed by atoms with Gasteiger partial charge in [0.15, 0.2) is 0 Å². The van der Waals surface area contributed by atoms with Crippen molar-refractivity contribution in [3.8, 4) is 45.3 Å². The highest BCUT2D eigenvalue weighted by Crippen LogP contribution is 2.47. The summed E-state index contributed by atoms with van der Waals surface area (Å²) in [7, 11) is 0. The molecule has 6 rings (SSSR count). The van der Waals surface area contributed by atoms with Crippen LogP contribution in [0.1, 0.15) is 36.1 Å². The molecule has 6 aromatic rings. The Kier molecular flexibility index (Phi) is 5.79. The molecule has 4 aromatic carbocycles. The van der Waals surface area contributed by atoms with E-state index in [1.54, 1.807) is 12.1 Å². The number of phenols is 4. The maximum absolute atomic E-state index is 11.5. The Morgan fingerprint density at radius 3 is 1.41 bits per heavy atom. The second-order valence-corrected chi connectivity index (χ2v) is 9.40. The number of H-pyrrole nitrogens is 2. The molecule has 6 N–H and O–H groups in total. The molecule has 0 amide bonds. The SMILES string of the molecule is CCc1cc(-c2cccc3n[nH]nc23)c(O)c(Cc2c(O)c(CC)cc(-c3cccc4n[nH]nc34)c2O)c1O. The summed E-state index contributed by atoms with van der Waals surface area (Å²) in [5.74, 6) is -0.513. The molecule has 10 nitrogen and oxygen atoms in total. The van der Waals surface area contributed by atoms with Gasteiger partial charge in [0.25, 0.3) is 0 Å². The molecule has 0 aliphatic heterocycles. The first kappa shape index (κ1) is 24.2. The molecule has 0 atom stereocenters. The van der Waals surface area contributed by atoms with E-state index in [4.69, 9.17) is 0 Å². The number of nitrogens with one attached hydrogen (secondary N) is 2. The molecule has 39 heavy (non-hydrogen) atoms. The number of fused-ring (bicyclic) bond motifs is 2. The van der Waals surface area contributed by atoms with E-state index in [-0.39, 0.29) is 40.5 Å². The molecule has 0 aliphatic carbocycles. The summed E-state index contributed by atoms with van der Waals surface area (Å²) in [6.45, 7) is 3.80. The van der Waals surface area contributed by atoms with E-state index >= 15 is 0 Å². The maximum atomic E-state index is 11.5. The van der Waals surface area contributed by atoms with Gasteiger partial charge >= 0.3 is 0 Å². The van der Waals surface area contributed by atoms with Gasteiger partial charge in [0, 0.05) is 39.8 Å². The first-order valence-electron chi connectivity index (χ1n) is 12.7. The third-order valence-electron chi connectivity index (χ3n) is 7.29. The third kappa shape index (κ3) is 3.80. The van der Waals surface area contributed by atoms with Crippen molar-refractivity contribution in [2.24, 2.45) is 0 Å². The van der Waals surface area contributed by atoms with Crippen LogP contribution in [0.15, 0.2) is 48.5 Å². The van der Waals surface area contributed by atoms with Crippen molar-refractivity contribution in [3.05, 3.63) is 70.8 Å². The van der Waals surface area contributed by atoms with Gasteiger partial charge in [-0.25, -0.2) is 0 Å². The molecule has 0 aliphatic rings. The summed E-state index contributed by atoms with van der Waals surface area (Å²) in [6.07, 6.45) is 0.862. The molecule has 0 saturated heterocycles. The Morgan fingerprint density at radius 1 is 0.564 bits per heavy atom. The lowest BCUT2D eigenvalue weighted by Gasteiger charge is -2.19. The van der Waals surface area contributed by atoms with Gasteiger partial charge in [0.2, 0.25) is 0 Å². The number of para-hydroxylation sites is 2. The number of rotatable bonds is 6. The highest BCUT2D eigenvalue weighted by atomic mass is 16.3. The van der Waals surface area contributed by atoms with Gasteiger partial charge in [-0.05, 0) is 48.2 Å². The predicted molar refractivity (Wildman–Crippen MR) is 147 cm³/mol. The van der Waals surface area contributed by atoms with Crippen molar-refractivity contribution in [2.75, 3.05) is 0 Å². The number of nitrogens with zero attached hydrogens (tertiary/aromatic N) is 4. The lowest BCUT2D eigenvalue weighted by atomic mass is 9.89. The molecule has 0 radical (unpaired) electrons. The number of aromatic hydroxyl groups is 4. The van der Waals surface area contributed by atoms with Gasteiger partial charge in [-0.2, -0.15) is 30.8 Å². The minimum Gasteiger partial charge on any atom is -0.507 e. The second kappa shape index (κ2) is 9.32. The van der Waals surface area contributed by atoms with E-state index in [2.05, 4.69) is 30.8 Å². The van der Waals surface area contributed by atoms with Crippen molar-refractivity contribution >= 4 is 22.1 Å². The average Bonchev–Trinajstić information content (AvgIpc) is 3.63. The zero-order valence-electron chi connectivity index (χ0n) is 21.3. The summed E-state index contributed by atoms with van der Waals surface area (Å²) in [5, 5.41) is 67.4. The summed E-state index contributed by atoms with van der Waals surface area (Å²) >= 11 is 0.